The van der Waals surface area contributed by atoms with Crippen molar-refractivity contribution in [1.29, 1.82) is 0 Å². The summed E-state index contributed by atoms with van der Waals surface area (Å²) in [6.07, 6.45) is 0.675. The predicted octanol–water partition coefficient (Wildman–Crippen LogP) is 2.94. The first-order chi connectivity index (χ1) is 8.52. The minimum absolute atomic E-state index is 0.0220. The second-order valence-corrected chi connectivity index (χ2v) is 4.88. The number of aliphatic carboxylic acids is 1. The van der Waals surface area contributed by atoms with Gasteiger partial charge in [-0.05, 0) is 22.9 Å². The molecule has 1 aromatic carbocycles. The van der Waals surface area contributed by atoms with E-state index in [9.17, 15) is 9.18 Å². The maximum Gasteiger partial charge on any atom is 0.310 e. The van der Waals surface area contributed by atoms with E-state index >= 15 is 0 Å². The maximum atomic E-state index is 14.1. The van der Waals surface area contributed by atoms with Crippen LogP contribution in [-0.2, 0) is 4.79 Å². The normalized spacial score (nSPS) is 15.9. The van der Waals surface area contributed by atoms with Crippen molar-refractivity contribution in [3.63, 3.8) is 0 Å². The van der Waals surface area contributed by atoms with E-state index < -0.39 is 17.7 Å². The standard InChI is InChI=1S/C12H12BrFO4/c1-6(12(15)16)9-10(14)7(13)5-8-11(9)18-4-2-3-17-8/h5-6H,2-4H2,1H3,(H,15,16). The fraction of sp³-hybridized carbons (Fsp3) is 0.417. The van der Waals surface area contributed by atoms with Gasteiger partial charge in [-0.1, -0.05) is 0 Å². The summed E-state index contributed by atoms with van der Waals surface area (Å²) in [6, 6.07) is 1.47. The molecule has 98 valence electrons. The zero-order valence-corrected chi connectivity index (χ0v) is 11.3. The molecule has 1 aliphatic heterocycles. The molecule has 0 aromatic heterocycles. The van der Waals surface area contributed by atoms with Crippen molar-refractivity contribution < 1.29 is 23.8 Å². The summed E-state index contributed by atoms with van der Waals surface area (Å²) in [5, 5.41) is 9.04. The highest BCUT2D eigenvalue weighted by Crippen LogP contribution is 2.42. The quantitative estimate of drug-likeness (QED) is 0.911. The van der Waals surface area contributed by atoms with E-state index in [1.165, 1.54) is 13.0 Å². The molecular formula is C12H12BrFO4. The van der Waals surface area contributed by atoms with Crippen LogP contribution in [0.5, 0.6) is 11.5 Å². The van der Waals surface area contributed by atoms with E-state index in [0.29, 0.717) is 25.4 Å². The molecule has 1 heterocycles. The summed E-state index contributed by atoms with van der Waals surface area (Å²) in [7, 11) is 0. The molecule has 1 N–H and O–H groups in total. The number of carboxylic acids is 1. The lowest BCUT2D eigenvalue weighted by Gasteiger charge is -2.17. The summed E-state index contributed by atoms with van der Waals surface area (Å²) in [5.41, 5.74) is 0.0220. The van der Waals surface area contributed by atoms with Gasteiger partial charge < -0.3 is 14.6 Å². The SMILES string of the molecule is CC(C(=O)O)c1c(F)c(Br)cc2c1OCCCO2. The molecule has 0 radical (unpaired) electrons. The van der Waals surface area contributed by atoms with Crippen molar-refractivity contribution in [2.24, 2.45) is 0 Å². The van der Waals surface area contributed by atoms with E-state index in [2.05, 4.69) is 15.9 Å². The molecule has 6 heteroatoms. The average Bonchev–Trinajstić information content (AvgIpc) is 2.55. The lowest BCUT2D eigenvalue weighted by molar-refractivity contribution is -0.138. The van der Waals surface area contributed by atoms with Crippen LogP contribution in [-0.4, -0.2) is 24.3 Å². The highest BCUT2D eigenvalue weighted by molar-refractivity contribution is 9.10. The van der Waals surface area contributed by atoms with Crippen molar-refractivity contribution in [3.05, 3.63) is 21.9 Å². The van der Waals surface area contributed by atoms with Gasteiger partial charge in [0, 0.05) is 18.1 Å². The summed E-state index contributed by atoms with van der Waals surface area (Å²) in [4.78, 5) is 11.1. The third-order valence-electron chi connectivity index (χ3n) is 2.77. The molecule has 0 amide bonds. The minimum Gasteiger partial charge on any atom is -0.490 e. The number of carboxylic acid groups (broad SMARTS) is 1. The Morgan fingerprint density at radius 1 is 1.50 bits per heavy atom. The molecule has 0 saturated carbocycles. The molecule has 0 saturated heterocycles. The molecule has 1 aromatic rings. The molecule has 18 heavy (non-hydrogen) atoms. The first-order valence-corrected chi connectivity index (χ1v) is 6.32. The maximum absolute atomic E-state index is 14.1. The number of hydrogen-bond acceptors (Lipinski definition) is 3. The molecule has 1 aliphatic rings. The number of benzene rings is 1. The Bertz CT molecular complexity index is 489. The molecule has 1 atom stereocenters. The first-order valence-electron chi connectivity index (χ1n) is 5.52. The number of fused-ring (bicyclic) bond motifs is 1. The van der Waals surface area contributed by atoms with E-state index in [0.717, 1.165) is 0 Å². The zero-order valence-electron chi connectivity index (χ0n) is 9.70. The van der Waals surface area contributed by atoms with Crippen molar-refractivity contribution in [2.75, 3.05) is 13.2 Å². The van der Waals surface area contributed by atoms with Crippen LogP contribution in [0.1, 0.15) is 24.8 Å². The van der Waals surface area contributed by atoms with Crippen LogP contribution in [0.25, 0.3) is 0 Å². The van der Waals surface area contributed by atoms with Gasteiger partial charge >= 0.3 is 5.97 Å². The second-order valence-electron chi connectivity index (χ2n) is 4.02. The van der Waals surface area contributed by atoms with Gasteiger partial charge in [-0.3, -0.25) is 4.79 Å². The third kappa shape index (κ3) is 2.29. The van der Waals surface area contributed by atoms with Crippen LogP contribution in [0.3, 0.4) is 0 Å². The van der Waals surface area contributed by atoms with E-state index in [1.54, 1.807) is 0 Å². The van der Waals surface area contributed by atoms with Crippen molar-refractivity contribution >= 4 is 21.9 Å². The Hall–Kier alpha value is -1.30. The third-order valence-corrected chi connectivity index (χ3v) is 3.35. The molecule has 1 unspecified atom stereocenters. The van der Waals surface area contributed by atoms with E-state index in [1.807, 2.05) is 0 Å². The van der Waals surface area contributed by atoms with Gasteiger partial charge in [-0.15, -0.1) is 0 Å². The lowest BCUT2D eigenvalue weighted by Crippen LogP contribution is -2.12. The van der Waals surface area contributed by atoms with Gasteiger partial charge in [0.2, 0.25) is 0 Å². The Labute approximate surface area is 112 Å². The number of carbonyl (C=O) groups is 1. The first kappa shape index (κ1) is 13.1. The Morgan fingerprint density at radius 3 is 2.83 bits per heavy atom. The van der Waals surface area contributed by atoms with Gasteiger partial charge in [0.1, 0.15) is 5.82 Å². The molecule has 0 bridgehead atoms. The summed E-state index contributed by atoms with van der Waals surface area (Å²) in [5.74, 6) is -2.15. The van der Waals surface area contributed by atoms with Crippen LogP contribution in [0.2, 0.25) is 0 Å². The van der Waals surface area contributed by atoms with E-state index in [4.69, 9.17) is 14.6 Å². The Balaban J connectivity index is 2.61. The van der Waals surface area contributed by atoms with Crippen molar-refractivity contribution in [3.8, 4) is 11.5 Å². The van der Waals surface area contributed by atoms with Crippen LogP contribution < -0.4 is 9.47 Å². The lowest BCUT2D eigenvalue weighted by atomic mass is 9.99. The van der Waals surface area contributed by atoms with Crippen molar-refractivity contribution in [1.82, 2.24) is 0 Å². The summed E-state index contributed by atoms with van der Waals surface area (Å²) in [6.45, 7) is 2.26. The monoisotopic (exact) mass is 318 g/mol. The molecule has 0 fully saturated rings. The second kappa shape index (κ2) is 5.14. The summed E-state index contributed by atoms with van der Waals surface area (Å²) >= 11 is 3.06. The zero-order chi connectivity index (χ0) is 13.3. The fourth-order valence-electron chi connectivity index (χ4n) is 1.79. The number of hydrogen-bond donors (Lipinski definition) is 1. The highest BCUT2D eigenvalue weighted by Gasteiger charge is 2.28. The van der Waals surface area contributed by atoms with Crippen LogP contribution in [0.15, 0.2) is 10.5 Å². The van der Waals surface area contributed by atoms with E-state index in [-0.39, 0.29) is 15.8 Å². The van der Waals surface area contributed by atoms with Gasteiger partial charge in [0.05, 0.1) is 23.6 Å². The van der Waals surface area contributed by atoms with Gasteiger partial charge in [0.15, 0.2) is 11.5 Å². The van der Waals surface area contributed by atoms with Crippen molar-refractivity contribution in [2.45, 2.75) is 19.3 Å². The Morgan fingerprint density at radius 2 is 2.17 bits per heavy atom. The highest BCUT2D eigenvalue weighted by atomic mass is 79.9. The molecule has 4 nitrogen and oxygen atoms in total. The molecule has 2 rings (SSSR count). The number of rotatable bonds is 2. The summed E-state index contributed by atoms with van der Waals surface area (Å²) < 4.78 is 25.1. The molecule has 0 spiro atoms. The van der Waals surface area contributed by atoms with Gasteiger partial charge in [-0.2, -0.15) is 0 Å². The smallest absolute Gasteiger partial charge is 0.310 e. The topological polar surface area (TPSA) is 55.8 Å². The van der Waals surface area contributed by atoms with Crippen LogP contribution in [0.4, 0.5) is 4.39 Å². The van der Waals surface area contributed by atoms with Gasteiger partial charge in [0.25, 0.3) is 0 Å². The fourth-order valence-corrected chi connectivity index (χ4v) is 2.21. The minimum atomic E-state index is -1.11. The number of ether oxygens (including phenoxy) is 2. The van der Waals surface area contributed by atoms with Gasteiger partial charge in [-0.25, -0.2) is 4.39 Å². The predicted molar refractivity (Wildman–Crippen MR) is 65.8 cm³/mol. The molecule has 0 aliphatic carbocycles. The van der Waals surface area contributed by atoms with Crippen LogP contribution >= 0.6 is 15.9 Å². The Kier molecular flexibility index (Phi) is 3.75. The largest absolute Gasteiger partial charge is 0.490 e. The molecular weight excluding hydrogens is 307 g/mol. The average molecular weight is 319 g/mol. The van der Waals surface area contributed by atoms with Crippen LogP contribution in [0, 0.1) is 5.82 Å². The number of halogens is 2.